The highest BCUT2D eigenvalue weighted by atomic mass is 79.9. The molecular formula is C20H17BrN4O. The van der Waals surface area contributed by atoms with Gasteiger partial charge in [0.1, 0.15) is 0 Å². The van der Waals surface area contributed by atoms with Crippen LogP contribution >= 0.6 is 15.9 Å². The second kappa shape index (κ2) is 7.25. The van der Waals surface area contributed by atoms with Crippen molar-refractivity contribution in [1.29, 1.82) is 0 Å². The SMILES string of the molecule is O=C(Nc1cccc(Br)c1)N1CCc2nc(-c3ccccc3)ncc2C1. The van der Waals surface area contributed by atoms with Crippen LogP contribution in [0.4, 0.5) is 10.5 Å². The summed E-state index contributed by atoms with van der Waals surface area (Å²) in [6.45, 7) is 1.16. The van der Waals surface area contributed by atoms with Crippen LogP contribution in [0.15, 0.2) is 65.3 Å². The zero-order valence-electron chi connectivity index (χ0n) is 14.0. The smallest absolute Gasteiger partial charge is 0.320 e. The second-order valence-corrected chi connectivity index (χ2v) is 7.06. The molecule has 0 spiro atoms. The molecule has 1 aromatic heterocycles. The fourth-order valence-corrected chi connectivity index (χ4v) is 3.38. The van der Waals surface area contributed by atoms with Crippen molar-refractivity contribution >= 4 is 27.6 Å². The monoisotopic (exact) mass is 408 g/mol. The van der Waals surface area contributed by atoms with Gasteiger partial charge in [0.25, 0.3) is 0 Å². The molecule has 130 valence electrons. The van der Waals surface area contributed by atoms with E-state index >= 15 is 0 Å². The highest BCUT2D eigenvalue weighted by Gasteiger charge is 2.22. The summed E-state index contributed by atoms with van der Waals surface area (Å²) in [6, 6.07) is 17.4. The minimum Gasteiger partial charge on any atom is -0.320 e. The summed E-state index contributed by atoms with van der Waals surface area (Å²) in [4.78, 5) is 23.5. The fourth-order valence-electron chi connectivity index (χ4n) is 2.98. The molecule has 2 aromatic carbocycles. The van der Waals surface area contributed by atoms with E-state index in [1.165, 1.54) is 0 Å². The quantitative estimate of drug-likeness (QED) is 0.678. The first-order chi connectivity index (χ1) is 12.7. The van der Waals surface area contributed by atoms with E-state index in [2.05, 4.69) is 26.2 Å². The highest BCUT2D eigenvalue weighted by molar-refractivity contribution is 9.10. The van der Waals surface area contributed by atoms with E-state index in [9.17, 15) is 4.79 Å². The van der Waals surface area contributed by atoms with Crippen LogP contribution < -0.4 is 5.32 Å². The first-order valence-corrected chi connectivity index (χ1v) is 9.20. The van der Waals surface area contributed by atoms with Crippen molar-refractivity contribution in [1.82, 2.24) is 14.9 Å². The molecule has 0 saturated carbocycles. The molecule has 1 aliphatic heterocycles. The van der Waals surface area contributed by atoms with Gasteiger partial charge in [-0.15, -0.1) is 0 Å². The van der Waals surface area contributed by atoms with Crippen molar-refractivity contribution in [2.75, 3.05) is 11.9 Å². The molecule has 3 aromatic rings. The summed E-state index contributed by atoms with van der Waals surface area (Å²) in [5, 5.41) is 2.94. The van der Waals surface area contributed by atoms with E-state index in [0.29, 0.717) is 13.1 Å². The standard InChI is InChI=1S/C20H17BrN4O/c21-16-7-4-8-17(11-16)23-20(26)25-10-9-18-15(13-25)12-22-19(24-18)14-5-2-1-3-6-14/h1-8,11-12H,9-10,13H2,(H,23,26). The Morgan fingerprint density at radius 3 is 2.77 bits per heavy atom. The zero-order chi connectivity index (χ0) is 17.9. The van der Waals surface area contributed by atoms with E-state index in [1.807, 2.05) is 60.8 Å². The van der Waals surface area contributed by atoms with Gasteiger partial charge in [0.2, 0.25) is 0 Å². The largest absolute Gasteiger partial charge is 0.322 e. The first-order valence-electron chi connectivity index (χ1n) is 8.41. The van der Waals surface area contributed by atoms with Crippen LogP contribution in [0.25, 0.3) is 11.4 Å². The van der Waals surface area contributed by atoms with Gasteiger partial charge >= 0.3 is 6.03 Å². The molecular weight excluding hydrogens is 392 g/mol. The third-order valence-corrected chi connectivity index (χ3v) is 4.82. The van der Waals surface area contributed by atoms with Crippen LogP contribution in [0.5, 0.6) is 0 Å². The summed E-state index contributed by atoms with van der Waals surface area (Å²) in [5.74, 6) is 0.733. The maximum Gasteiger partial charge on any atom is 0.322 e. The van der Waals surface area contributed by atoms with E-state index in [-0.39, 0.29) is 6.03 Å². The van der Waals surface area contributed by atoms with Crippen LogP contribution in [0, 0.1) is 0 Å². The lowest BCUT2D eigenvalue weighted by atomic mass is 10.1. The van der Waals surface area contributed by atoms with Crippen LogP contribution in [0.1, 0.15) is 11.3 Å². The average Bonchev–Trinajstić information content (AvgIpc) is 2.68. The predicted octanol–water partition coefficient (Wildman–Crippen LogP) is 4.50. The van der Waals surface area contributed by atoms with Gasteiger partial charge in [-0.3, -0.25) is 0 Å². The van der Waals surface area contributed by atoms with Crippen molar-refractivity contribution < 1.29 is 4.79 Å². The Morgan fingerprint density at radius 1 is 1.12 bits per heavy atom. The third kappa shape index (κ3) is 3.60. The predicted molar refractivity (Wildman–Crippen MR) is 105 cm³/mol. The van der Waals surface area contributed by atoms with Gasteiger partial charge in [0.15, 0.2) is 5.82 Å². The Balaban J connectivity index is 1.48. The number of carbonyl (C=O) groups is 1. The van der Waals surface area contributed by atoms with Gasteiger partial charge in [0.05, 0.1) is 12.2 Å². The topological polar surface area (TPSA) is 58.1 Å². The first kappa shape index (κ1) is 16.7. The summed E-state index contributed by atoms with van der Waals surface area (Å²) in [6.07, 6.45) is 2.56. The normalized spacial score (nSPS) is 13.2. The molecule has 5 nitrogen and oxygen atoms in total. The number of rotatable bonds is 2. The fraction of sp³-hybridized carbons (Fsp3) is 0.150. The van der Waals surface area contributed by atoms with Crippen molar-refractivity contribution in [2.45, 2.75) is 13.0 Å². The summed E-state index contributed by atoms with van der Waals surface area (Å²) < 4.78 is 0.932. The van der Waals surface area contributed by atoms with Crippen LogP contribution in [0.3, 0.4) is 0 Å². The molecule has 26 heavy (non-hydrogen) atoms. The summed E-state index contributed by atoms with van der Waals surface area (Å²) in [5.41, 5.74) is 3.79. The molecule has 4 rings (SSSR count). The minimum absolute atomic E-state index is 0.110. The Bertz CT molecular complexity index is 946. The second-order valence-electron chi connectivity index (χ2n) is 6.14. The van der Waals surface area contributed by atoms with Gasteiger partial charge in [0, 0.05) is 40.4 Å². The molecule has 0 unspecified atom stereocenters. The lowest BCUT2D eigenvalue weighted by molar-refractivity contribution is 0.206. The van der Waals surface area contributed by atoms with Crippen LogP contribution in [-0.2, 0) is 13.0 Å². The lowest BCUT2D eigenvalue weighted by Crippen LogP contribution is -2.39. The molecule has 0 radical (unpaired) electrons. The third-order valence-electron chi connectivity index (χ3n) is 4.33. The molecule has 0 atom stereocenters. The van der Waals surface area contributed by atoms with E-state index in [4.69, 9.17) is 4.98 Å². The lowest BCUT2D eigenvalue weighted by Gasteiger charge is -2.28. The number of nitrogens with one attached hydrogen (secondary N) is 1. The van der Waals surface area contributed by atoms with Gasteiger partial charge in [-0.1, -0.05) is 52.3 Å². The number of amides is 2. The number of carbonyl (C=O) groups excluding carboxylic acids is 1. The number of halogens is 1. The number of urea groups is 1. The average molecular weight is 409 g/mol. The molecule has 2 heterocycles. The van der Waals surface area contributed by atoms with E-state index in [0.717, 1.165) is 39.2 Å². The molecule has 2 amide bonds. The molecule has 1 aliphatic rings. The maximum atomic E-state index is 12.5. The van der Waals surface area contributed by atoms with Gasteiger partial charge in [-0.05, 0) is 18.2 Å². The Morgan fingerprint density at radius 2 is 1.96 bits per heavy atom. The highest BCUT2D eigenvalue weighted by Crippen LogP contribution is 2.22. The molecule has 6 heteroatoms. The number of benzene rings is 2. The molecule has 0 aliphatic carbocycles. The minimum atomic E-state index is -0.110. The number of hydrogen-bond donors (Lipinski definition) is 1. The number of fused-ring (bicyclic) bond motifs is 1. The Kier molecular flexibility index (Phi) is 4.67. The van der Waals surface area contributed by atoms with Crippen molar-refractivity contribution in [3.63, 3.8) is 0 Å². The van der Waals surface area contributed by atoms with Crippen molar-refractivity contribution in [2.24, 2.45) is 0 Å². The van der Waals surface area contributed by atoms with E-state index < -0.39 is 0 Å². The summed E-state index contributed by atoms with van der Waals surface area (Å²) >= 11 is 3.41. The van der Waals surface area contributed by atoms with Crippen molar-refractivity contribution in [3.8, 4) is 11.4 Å². The Hall–Kier alpha value is -2.73. The van der Waals surface area contributed by atoms with Crippen molar-refractivity contribution in [3.05, 3.63) is 76.5 Å². The number of hydrogen-bond acceptors (Lipinski definition) is 3. The van der Waals surface area contributed by atoms with Gasteiger partial charge < -0.3 is 10.2 Å². The van der Waals surface area contributed by atoms with Crippen LogP contribution in [-0.4, -0.2) is 27.4 Å². The number of anilines is 1. The molecule has 0 saturated heterocycles. The zero-order valence-corrected chi connectivity index (χ0v) is 15.6. The van der Waals surface area contributed by atoms with E-state index in [1.54, 1.807) is 4.90 Å². The number of aromatic nitrogens is 2. The molecule has 0 fully saturated rings. The van der Waals surface area contributed by atoms with Crippen LogP contribution in [0.2, 0.25) is 0 Å². The van der Waals surface area contributed by atoms with Gasteiger partial charge in [-0.25, -0.2) is 14.8 Å². The summed E-state index contributed by atoms with van der Waals surface area (Å²) in [7, 11) is 0. The maximum absolute atomic E-state index is 12.5. The molecule has 1 N–H and O–H groups in total. The Labute approximate surface area is 160 Å². The number of nitrogens with zero attached hydrogens (tertiary/aromatic N) is 3. The van der Waals surface area contributed by atoms with Gasteiger partial charge in [-0.2, -0.15) is 0 Å². The molecule has 0 bridgehead atoms.